The number of aromatic amines is 1. The zero-order valence-corrected chi connectivity index (χ0v) is 15.8. The maximum atomic E-state index is 13.3. The molecular formula is C21H24FN3O3. The lowest BCUT2D eigenvalue weighted by Crippen LogP contribution is -2.48. The Morgan fingerprint density at radius 2 is 1.93 bits per heavy atom. The molecule has 2 amide bonds. The third-order valence-corrected chi connectivity index (χ3v) is 5.16. The number of nitrogens with one attached hydrogen (secondary N) is 2. The Kier molecular flexibility index (Phi) is 6.23. The summed E-state index contributed by atoms with van der Waals surface area (Å²) in [5.41, 5.74) is 0.143. The topological polar surface area (TPSA) is 82.3 Å². The number of aromatic nitrogens is 1. The van der Waals surface area contributed by atoms with Crippen molar-refractivity contribution in [3.63, 3.8) is 0 Å². The first-order chi connectivity index (χ1) is 13.5. The number of nitrogens with zero attached hydrogens (tertiary/aromatic N) is 1. The first-order valence-electron chi connectivity index (χ1n) is 9.52. The van der Waals surface area contributed by atoms with Crippen LogP contribution in [0.25, 0.3) is 0 Å². The molecule has 2 heterocycles. The van der Waals surface area contributed by atoms with Gasteiger partial charge in [0.2, 0.25) is 5.91 Å². The summed E-state index contributed by atoms with van der Waals surface area (Å²) in [7, 11) is 0. The third-order valence-electron chi connectivity index (χ3n) is 5.16. The van der Waals surface area contributed by atoms with Gasteiger partial charge in [-0.3, -0.25) is 14.4 Å². The second kappa shape index (κ2) is 8.82. The van der Waals surface area contributed by atoms with E-state index in [1.165, 1.54) is 0 Å². The number of pyridine rings is 1. The van der Waals surface area contributed by atoms with E-state index in [4.69, 9.17) is 0 Å². The normalized spacial score (nSPS) is 15.9. The molecule has 0 saturated carbocycles. The minimum absolute atomic E-state index is 0.0973. The number of hydrogen-bond donors (Lipinski definition) is 2. The van der Waals surface area contributed by atoms with Crippen LogP contribution in [0.5, 0.6) is 0 Å². The van der Waals surface area contributed by atoms with Gasteiger partial charge in [0.1, 0.15) is 11.4 Å². The fourth-order valence-corrected chi connectivity index (χ4v) is 3.59. The Balaban J connectivity index is 1.58. The number of carbonyl (C=O) groups excluding carboxylic acids is 2. The largest absolute Gasteiger partial charge is 0.349 e. The summed E-state index contributed by atoms with van der Waals surface area (Å²) in [4.78, 5) is 40.9. The van der Waals surface area contributed by atoms with Gasteiger partial charge >= 0.3 is 0 Å². The van der Waals surface area contributed by atoms with Crippen LogP contribution in [-0.2, 0) is 4.79 Å². The van der Waals surface area contributed by atoms with E-state index in [0.29, 0.717) is 25.9 Å². The molecule has 0 bridgehead atoms. The maximum Gasteiger partial charge on any atom is 0.260 e. The van der Waals surface area contributed by atoms with Crippen molar-refractivity contribution in [1.82, 2.24) is 15.2 Å². The van der Waals surface area contributed by atoms with Gasteiger partial charge in [-0.15, -0.1) is 0 Å². The number of piperidine rings is 1. The smallest absolute Gasteiger partial charge is 0.260 e. The third kappa shape index (κ3) is 4.47. The van der Waals surface area contributed by atoms with Gasteiger partial charge in [0, 0.05) is 25.3 Å². The molecule has 1 saturated heterocycles. The Bertz CT molecular complexity index is 889. The Labute approximate surface area is 162 Å². The van der Waals surface area contributed by atoms with Gasteiger partial charge in [-0.1, -0.05) is 37.3 Å². The van der Waals surface area contributed by atoms with Crippen molar-refractivity contribution in [2.45, 2.75) is 38.1 Å². The zero-order valence-electron chi connectivity index (χ0n) is 15.8. The van der Waals surface area contributed by atoms with E-state index < -0.39 is 17.3 Å². The highest BCUT2D eigenvalue weighted by Gasteiger charge is 2.29. The van der Waals surface area contributed by atoms with Gasteiger partial charge in [-0.25, -0.2) is 4.39 Å². The number of hydrogen-bond acceptors (Lipinski definition) is 3. The number of H-pyrrole nitrogens is 1. The van der Waals surface area contributed by atoms with Gasteiger partial charge in [0.25, 0.3) is 11.5 Å². The molecule has 148 valence electrons. The fourth-order valence-electron chi connectivity index (χ4n) is 3.59. The molecule has 2 N–H and O–H groups in total. The van der Waals surface area contributed by atoms with Crippen LogP contribution in [0.3, 0.4) is 0 Å². The van der Waals surface area contributed by atoms with Crippen molar-refractivity contribution in [3.8, 4) is 0 Å². The first kappa shape index (κ1) is 19.8. The molecule has 1 aromatic heterocycles. The molecular weight excluding hydrogens is 361 g/mol. The van der Waals surface area contributed by atoms with Crippen LogP contribution in [-0.4, -0.2) is 40.8 Å². The fraction of sp³-hybridized carbons (Fsp3) is 0.381. The van der Waals surface area contributed by atoms with Gasteiger partial charge in [0.05, 0.1) is 5.92 Å². The predicted octanol–water partition coefficient (Wildman–Crippen LogP) is 2.43. The van der Waals surface area contributed by atoms with E-state index in [2.05, 4.69) is 10.3 Å². The van der Waals surface area contributed by atoms with E-state index in [1.807, 2.05) is 42.2 Å². The van der Waals surface area contributed by atoms with Crippen LogP contribution in [0.2, 0.25) is 0 Å². The van der Waals surface area contributed by atoms with Gasteiger partial charge in [-0.2, -0.15) is 0 Å². The van der Waals surface area contributed by atoms with Gasteiger partial charge in [-0.05, 0) is 30.9 Å². The molecule has 1 unspecified atom stereocenters. The second-order valence-corrected chi connectivity index (χ2v) is 7.01. The lowest BCUT2D eigenvalue weighted by molar-refractivity contribution is -0.134. The molecule has 1 fully saturated rings. The van der Waals surface area contributed by atoms with Crippen LogP contribution >= 0.6 is 0 Å². The predicted molar refractivity (Wildman–Crippen MR) is 104 cm³/mol. The number of rotatable bonds is 5. The molecule has 0 radical (unpaired) electrons. The molecule has 1 aromatic carbocycles. The quantitative estimate of drug-likeness (QED) is 0.829. The minimum Gasteiger partial charge on any atom is -0.349 e. The number of benzene rings is 1. The van der Waals surface area contributed by atoms with Gasteiger partial charge < -0.3 is 15.2 Å². The van der Waals surface area contributed by atoms with Crippen molar-refractivity contribution in [1.29, 1.82) is 0 Å². The summed E-state index contributed by atoms with van der Waals surface area (Å²) < 4.78 is 13.3. The van der Waals surface area contributed by atoms with Crippen molar-refractivity contribution < 1.29 is 14.0 Å². The molecule has 28 heavy (non-hydrogen) atoms. The maximum absolute atomic E-state index is 13.3. The first-order valence-corrected chi connectivity index (χ1v) is 9.52. The Morgan fingerprint density at radius 3 is 2.57 bits per heavy atom. The molecule has 1 atom stereocenters. The number of halogens is 1. The molecule has 2 aromatic rings. The number of amides is 2. The van der Waals surface area contributed by atoms with E-state index in [9.17, 15) is 18.8 Å². The van der Waals surface area contributed by atoms with Crippen molar-refractivity contribution in [2.75, 3.05) is 13.1 Å². The summed E-state index contributed by atoms with van der Waals surface area (Å²) in [6, 6.07) is 10.5. The molecule has 0 aliphatic carbocycles. The van der Waals surface area contributed by atoms with Crippen molar-refractivity contribution in [2.24, 2.45) is 0 Å². The van der Waals surface area contributed by atoms with E-state index in [0.717, 1.165) is 24.2 Å². The summed E-state index contributed by atoms with van der Waals surface area (Å²) in [5.74, 6) is -1.34. The number of likely N-dealkylation sites (tertiary alicyclic amines) is 1. The average molecular weight is 385 g/mol. The highest BCUT2D eigenvalue weighted by molar-refractivity contribution is 5.94. The standard InChI is InChI=1S/C21H24FN3O3/c1-2-17(14-6-4-3-5-7-14)21(28)25-10-8-16(9-11-25)24-20(27)18-12-15(22)13-23-19(18)26/h3-7,12-13,16-17H,2,8-11H2,1H3,(H,23,26)(H,24,27). The van der Waals surface area contributed by atoms with E-state index >= 15 is 0 Å². The molecule has 6 nitrogen and oxygen atoms in total. The van der Waals surface area contributed by atoms with Crippen molar-refractivity contribution in [3.05, 3.63) is 69.9 Å². The highest BCUT2D eigenvalue weighted by atomic mass is 19.1. The van der Waals surface area contributed by atoms with E-state index in [1.54, 1.807) is 0 Å². The summed E-state index contributed by atoms with van der Waals surface area (Å²) >= 11 is 0. The second-order valence-electron chi connectivity index (χ2n) is 7.01. The van der Waals surface area contributed by atoms with Crippen LogP contribution in [0, 0.1) is 5.82 Å². The van der Waals surface area contributed by atoms with Crippen LogP contribution in [0.1, 0.15) is 48.0 Å². The average Bonchev–Trinajstić information content (AvgIpc) is 2.71. The summed E-state index contributed by atoms with van der Waals surface area (Å²) in [5, 5.41) is 2.77. The van der Waals surface area contributed by atoms with E-state index in [-0.39, 0.29) is 23.4 Å². The van der Waals surface area contributed by atoms with Crippen molar-refractivity contribution >= 4 is 11.8 Å². The monoisotopic (exact) mass is 385 g/mol. The molecule has 1 aliphatic rings. The van der Waals surface area contributed by atoms with Gasteiger partial charge in [0.15, 0.2) is 0 Å². The molecule has 1 aliphatic heterocycles. The molecule has 0 spiro atoms. The summed E-state index contributed by atoms with van der Waals surface area (Å²) in [6.07, 6.45) is 2.83. The minimum atomic E-state index is -0.670. The lowest BCUT2D eigenvalue weighted by atomic mass is 9.93. The Morgan fingerprint density at radius 1 is 1.25 bits per heavy atom. The zero-order chi connectivity index (χ0) is 20.1. The van der Waals surface area contributed by atoms with Crippen LogP contribution in [0.4, 0.5) is 4.39 Å². The van der Waals surface area contributed by atoms with Crippen LogP contribution in [0.15, 0.2) is 47.4 Å². The highest BCUT2D eigenvalue weighted by Crippen LogP contribution is 2.24. The Hall–Kier alpha value is -2.96. The molecule has 7 heteroatoms. The molecule has 3 rings (SSSR count). The number of carbonyl (C=O) groups is 2. The SMILES string of the molecule is CCC(C(=O)N1CCC(NC(=O)c2cc(F)c[nH]c2=O)CC1)c1ccccc1. The summed E-state index contributed by atoms with van der Waals surface area (Å²) in [6.45, 7) is 3.07. The lowest BCUT2D eigenvalue weighted by Gasteiger charge is -2.34. The van der Waals surface area contributed by atoms with Crippen LogP contribution < -0.4 is 10.9 Å².